The Bertz CT molecular complexity index is 1160. The largest absolute Gasteiger partial charge is 0.278 e. The van der Waals surface area contributed by atoms with Gasteiger partial charge < -0.3 is 0 Å². The van der Waals surface area contributed by atoms with Gasteiger partial charge in [-0.1, -0.05) is 41.1 Å². The van der Waals surface area contributed by atoms with Crippen molar-refractivity contribution in [3.05, 3.63) is 88.2 Å². The van der Waals surface area contributed by atoms with Crippen molar-refractivity contribution >= 4 is 44.2 Å². The predicted molar refractivity (Wildman–Crippen MR) is 115 cm³/mol. The number of nitrogens with zero attached hydrogens (tertiary/aromatic N) is 3. The lowest BCUT2D eigenvalue weighted by Gasteiger charge is -2.19. The summed E-state index contributed by atoms with van der Waals surface area (Å²) in [6, 6.07) is 16.9. The molecule has 0 unspecified atom stereocenters. The molecule has 0 bridgehead atoms. The first kappa shape index (κ1) is 18.6. The van der Waals surface area contributed by atoms with Crippen LogP contribution in [-0.2, 0) is 6.54 Å². The number of pyridine rings is 1. The Labute approximate surface area is 172 Å². The van der Waals surface area contributed by atoms with Gasteiger partial charge in [-0.2, -0.15) is 0 Å². The second-order valence-electron chi connectivity index (χ2n) is 6.65. The lowest BCUT2D eigenvalue weighted by Crippen LogP contribution is -2.30. The van der Waals surface area contributed by atoms with Crippen LogP contribution >= 0.6 is 22.9 Å². The average molecular weight is 408 g/mol. The summed E-state index contributed by atoms with van der Waals surface area (Å²) in [5, 5.41) is 1.18. The highest BCUT2D eigenvalue weighted by Gasteiger charge is 2.23. The molecule has 2 aromatic heterocycles. The SMILES string of the molecule is Cc1cc(C)c2nc(N(Cc3ccccn3)C(=O)c3cccc(Cl)c3)sc2c1. The number of rotatable bonds is 4. The van der Waals surface area contributed by atoms with Gasteiger partial charge in [0.1, 0.15) is 0 Å². The van der Waals surface area contributed by atoms with Crippen molar-refractivity contribution in [3.63, 3.8) is 0 Å². The van der Waals surface area contributed by atoms with Crippen LogP contribution in [0.25, 0.3) is 10.2 Å². The Kier molecular flexibility index (Phi) is 5.11. The summed E-state index contributed by atoms with van der Waals surface area (Å²) in [6.45, 7) is 4.44. The van der Waals surface area contributed by atoms with Crippen molar-refractivity contribution in [2.45, 2.75) is 20.4 Å². The van der Waals surface area contributed by atoms with Crippen LogP contribution in [0.15, 0.2) is 60.8 Å². The molecule has 0 aliphatic rings. The molecule has 0 radical (unpaired) electrons. The fourth-order valence-electron chi connectivity index (χ4n) is 3.13. The van der Waals surface area contributed by atoms with E-state index in [2.05, 4.69) is 24.0 Å². The molecule has 2 heterocycles. The van der Waals surface area contributed by atoms with E-state index in [0.717, 1.165) is 21.5 Å². The molecule has 0 spiro atoms. The van der Waals surface area contributed by atoms with Gasteiger partial charge in [0.15, 0.2) is 5.13 Å². The molecule has 0 saturated carbocycles. The first-order valence-corrected chi connectivity index (χ1v) is 10.1. The Morgan fingerprint density at radius 3 is 2.71 bits per heavy atom. The predicted octanol–water partition coefficient (Wildman–Crippen LogP) is 5.81. The molecule has 0 atom stereocenters. The number of thiazole rings is 1. The van der Waals surface area contributed by atoms with Gasteiger partial charge in [-0.15, -0.1) is 0 Å². The Morgan fingerprint density at radius 2 is 1.96 bits per heavy atom. The highest BCUT2D eigenvalue weighted by atomic mass is 35.5. The van der Waals surface area contributed by atoms with E-state index in [1.165, 1.54) is 16.9 Å². The average Bonchev–Trinajstić information content (AvgIpc) is 3.10. The van der Waals surface area contributed by atoms with Crippen LogP contribution in [-0.4, -0.2) is 15.9 Å². The fraction of sp³-hybridized carbons (Fsp3) is 0.136. The molecular weight excluding hydrogens is 390 g/mol. The molecule has 2 aromatic carbocycles. The van der Waals surface area contributed by atoms with Crippen molar-refractivity contribution in [1.82, 2.24) is 9.97 Å². The third-order valence-electron chi connectivity index (χ3n) is 4.41. The van der Waals surface area contributed by atoms with Crippen LogP contribution in [0.4, 0.5) is 5.13 Å². The first-order chi connectivity index (χ1) is 13.5. The maximum Gasteiger partial charge on any atom is 0.260 e. The smallest absolute Gasteiger partial charge is 0.260 e. The number of carbonyl (C=O) groups excluding carboxylic acids is 1. The first-order valence-electron chi connectivity index (χ1n) is 8.86. The number of halogens is 1. The number of amides is 1. The van der Waals surface area contributed by atoms with E-state index in [9.17, 15) is 4.79 Å². The minimum atomic E-state index is -0.151. The second-order valence-corrected chi connectivity index (χ2v) is 8.09. The minimum absolute atomic E-state index is 0.151. The number of aryl methyl sites for hydroxylation is 2. The van der Waals surface area contributed by atoms with Crippen molar-refractivity contribution in [2.75, 3.05) is 4.90 Å². The van der Waals surface area contributed by atoms with Crippen molar-refractivity contribution in [2.24, 2.45) is 0 Å². The van der Waals surface area contributed by atoms with E-state index in [1.54, 1.807) is 35.4 Å². The van der Waals surface area contributed by atoms with E-state index in [-0.39, 0.29) is 5.91 Å². The number of anilines is 1. The molecule has 0 fully saturated rings. The van der Waals surface area contributed by atoms with E-state index in [1.807, 2.05) is 25.1 Å². The zero-order valence-corrected chi connectivity index (χ0v) is 17.1. The molecule has 6 heteroatoms. The van der Waals surface area contributed by atoms with Crippen LogP contribution in [0.5, 0.6) is 0 Å². The summed E-state index contributed by atoms with van der Waals surface area (Å²) in [4.78, 5) is 24.2. The summed E-state index contributed by atoms with van der Waals surface area (Å²) < 4.78 is 1.07. The van der Waals surface area contributed by atoms with Gasteiger partial charge in [-0.05, 0) is 61.4 Å². The molecular formula is C22H18ClN3OS. The van der Waals surface area contributed by atoms with Gasteiger partial charge in [0, 0.05) is 16.8 Å². The Balaban J connectivity index is 1.80. The van der Waals surface area contributed by atoms with Gasteiger partial charge in [0.25, 0.3) is 5.91 Å². The van der Waals surface area contributed by atoms with Crippen LogP contribution in [0.3, 0.4) is 0 Å². The second kappa shape index (κ2) is 7.70. The Morgan fingerprint density at radius 1 is 1.11 bits per heavy atom. The van der Waals surface area contributed by atoms with E-state index >= 15 is 0 Å². The summed E-state index contributed by atoms with van der Waals surface area (Å²) in [5.41, 5.74) is 4.53. The molecule has 1 amide bonds. The van der Waals surface area contributed by atoms with Crippen molar-refractivity contribution in [1.29, 1.82) is 0 Å². The van der Waals surface area contributed by atoms with Gasteiger partial charge >= 0.3 is 0 Å². The van der Waals surface area contributed by atoms with Gasteiger partial charge in [-0.3, -0.25) is 14.7 Å². The minimum Gasteiger partial charge on any atom is -0.278 e. The normalized spacial score (nSPS) is 11.0. The molecule has 0 aliphatic heterocycles. The zero-order valence-electron chi connectivity index (χ0n) is 15.5. The molecule has 4 nitrogen and oxygen atoms in total. The lowest BCUT2D eigenvalue weighted by atomic mass is 10.1. The molecule has 0 N–H and O–H groups in total. The molecule has 4 rings (SSSR count). The highest BCUT2D eigenvalue weighted by Crippen LogP contribution is 2.33. The lowest BCUT2D eigenvalue weighted by molar-refractivity contribution is 0.0985. The monoisotopic (exact) mass is 407 g/mol. The topological polar surface area (TPSA) is 46.1 Å². The maximum absolute atomic E-state index is 13.3. The van der Waals surface area contributed by atoms with E-state index in [0.29, 0.717) is 22.3 Å². The Hall–Kier alpha value is -2.76. The zero-order chi connectivity index (χ0) is 19.7. The maximum atomic E-state index is 13.3. The number of hydrogen-bond acceptors (Lipinski definition) is 4. The number of fused-ring (bicyclic) bond motifs is 1. The van der Waals surface area contributed by atoms with Crippen LogP contribution in [0.1, 0.15) is 27.2 Å². The molecule has 4 aromatic rings. The van der Waals surface area contributed by atoms with Gasteiger partial charge in [0.05, 0.1) is 22.5 Å². The van der Waals surface area contributed by atoms with Crippen molar-refractivity contribution in [3.8, 4) is 0 Å². The summed E-state index contributed by atoms with van der Waals surface area (Å²) in [7, 11) is 0. The summed E-state index contributed by atoms with van der Waals surface area (Å²) in [6.07, 6.45) is 1.73. The highest BCUT2D eigenvalue weighted by molar-refractivity contribution is 7.22. The van der Waals surface area contributed by atoms with Crippen LogP contribution in [0.2, 0.25) is 5.02 Å². The van der Waals surface area contributed by atoms with E-state index < -0.39 is 0 Å². The number of carbonyl (C=O) groups is 1. The van der Waals surface area contributed by atoms with Crippen LogP contribution in [0, 0.1) is 13.8 Å². The van der Waals surface area contributed by atoms with Gasteiger partial charge in [0.2, 0.25) is 0 Å². The number of benzene rings is 2. The molecule has 28 heavy (non-hydrogen) atoms. The molecule has 0 aliphatic carbocycles. The van der Waals surface area contributed by atoms with Crippen LogP contribution < -0.4 is 4.90 Å². The molecule has 0 saturated heterocycles. The summed E-state index contributed by atoms with van der Waals surface area (Å²) >= 11 is 7.62. The third kappa shape index (κ3) is 3.77. The number of aromatic nitrogens is 2. The quantitative estimate of drug-likeness (QED) is 0.429. The fourth-order valence-corrected chi connectivity index (χ4v) is 4.46. The molecule has 140 valence electrons. The standard InChI is InChI=1S/C22H18ClN3OS/c1-14-10-15(2)20-19(11-14)28-22(25-20)26(13-18-8-3-4-9-24-18)21(27)16-6-5-7-17(23)12-16/h3-12H,13H2,1-2H3. The summed E-state index contributed by atoms with van der Waals surface area (Å²) in [5.74, 6) is -0.151. The van der Waals surface area contributed by atoms with E-state index in [4.69, 9.17) is 16.6 Å². The third-order valence-corrected chi connectivity index (χ3v) is 5.67. The van der Waals surface area contributed by atoms with Crippen molar-refractivity contribution < 1.29 is 4.79 Å². The van der Waals surface area contributed by atoms with Gasteiger partial charge in [-0.25, -0.2) is 4.98 Å². The number of hydrogen-bond donors (Lipinski definition) is 0.